The topological polar surface area (TPSA) is 69.7 Å². The Morgan fingerprint density at radius 2 is 1.74 bits per heavy atom. The quantitative estimate of drug-likeness (QED) is 0.804. The fraction of sp³-hybridized carbons (Fsp3) is 0.824. The van der Waals surface area contributed by atoms with E-state index in [1.807, 2.05) is 4.90 Å². The van der Waals surface area contributed by atoms with Crippen molar-refractivity contribution in [1.29, 1.82) is 0 Å². The number of amides is 4. The van der Waals surface area contributed by atoms with Crippen molar-refractivity contribution in [3.8, 4) is 0 Å². The molecule has 0 aromatic rings. The molecule has 2 saturated carbocycles. The third kappa shape index (κ3) is 2.42. The number of hydrogen-bond donors (Lipinski definition) is 1. The second-order valence-electron chi connectivity index (χ2n) is 7.69. The van der Waals surface area contributed by atoms with E-state index < -0.39 is 5.54 Å². The Bertz CT molecular complexity index is 535. The van der Waals surface area contributed by atoms with Crippen LogP contribution in [0.1, 0.15) is 57.8 Å². The average Bonchev–Trinajstić information content (AvgIpc) is 3.26. The van der Waals surface area contributed by atoms with Gasteiger partial charge in [0.2, 0.25) is 5.91 Å². The zero-order chi connectivity index (χ0) is 16.0. The molecule has 0 radical (unpaired) electrons. The molecule has 23 heavy (non-hydrogen) atoms. The number of carbonyl (C=O) groups is 3. The summed E-state index contributed by atoms with van der Waals surface area (Å²) in [6, 6.07) is 0.125. The molecule has 1 N–H and O–H groups in total. The van der Waals surface area contributed by atoms with Gasteiger partial charge in [-0.05, 0) is 25.7 Å². The molecule has 0 aromatic heterocycles. The van der Waals surface area contributed by atoms with Crippen molar-refractivity contribution in [2.45, 2.75) is 69.4 Å². The van der Waals surface area contributed by atoms with Crippen LogP contribution in [0.25, 0.3) is 0 Å². The Labute approximate surface area is 136 Å². The van der Waals surface area contributed by atoms with Crippen molar-refractivity contribution < 1.29 is 14.4 Å². The van der Waals surface area contributed by atoms with Crippen molar-refractivity contribution in [1.82, 2.24) is 15.1 Å². The fourth-order valence-electron chi connectivity index (χ4n) is 4.92. The first-order chi connectivity index (χ1) is 11.1. The van der Waals surface area contributed by atoms with Crippen LogP contribution < -0.4 is 5.32 Å². The molecule has 4 aliphatic rings. The molecule has 2 heterocycles. The second kappa shape index (κ2) is 5.49. The lowest BCUT2D eigenvalue weighted by molar-refractivity contribution is -0.132. The maximum atomic E-state index is 12.7. The summed E-state index contributed by atoms with van der Waals surface area (Å²) >= 11 is 0. The maximum absolute atomic E-state index is 12.7. The molecule has 6 heteroatoms. The molecule has 4 rings (SSSR count). The third-order valence-electron chi connectivity index (χ3n) is 6.15. The summed E-state index contributed by atoms with van der Waals surface area (Å²) in [5, 5.41) is 2.92. The number of rotatable bonds is 3. The molecule has 0 bridgehead atoms. The zero-order valence-electron chi connectivity index (χ0n) is 13.6. The predicted molar refractivity (Wildman–Crippen MR) is 83.5 cm³/mol. The van der Waals surface area contributed by atoms with E-state index in [4.69, 9.17) is 0 Å². The summed E-state index contributed by atoms with van der Waals surface area (Å²) in [6.45, 7) is 1.09. The minimum Gasteiger partial charge on any atom is -0.339 e. The second-order valence-corrected chi connectivity index (χ2v) is 7.69. The highest BCUT2D eigenvalue weighted by molar-refractivity contribution is 6.07. The van der Waals surface area contributed by atoms with E-state index >= 15 is 0 Å². The maximum Gasteiger partial charge on any atom is 0.325 e. The van der Waals surface area contributed by atoms with Crippen LogP contribution >= 0.6 is 0 Å². The van der Waals surface area contributed by atoms with E-state index in [-0.39, 0.29) is 23.8 Å². The van der Waals surface area contributed by atoms with Crippen molar-refractivity contribution >= 4 is 17.8 Å². The molecular formula is C17H25N3O3. The monoisotopic (exact) mass is 319 g/mol. The Hall–Kier alpha value is -1.59. The van der Waals surface area contributed by atoms with Crippen molar-refractivity contribution in [3.63, 3.8) is 0 Å². The number of hydrogen-bond acceptors (Lipinski definition) is 3. The van der Waals surface area contributed by atoms with E-state index in [0.29, 0.717) is 25.6 Å². The molecule has 4 fully saturated rings. The van der Waals surface area contributed by atoms with Gasteiger partial charge in [-0.2, -0.15) is 0 Å². The van der Waals surface area contributed by atoms with Crippen LogP contribution in [-0.2, 0) is 9.59 Å². The van der Waals surface area contributed by atoms with E-state index in [1.165, 1.54) is 17.7 Å². The molecule has 1 unspecified atom stereocenters. The highest BCUT2D eigenvalue weighted by Gasteiger charge is 2.53. The van der Waals surface area contributed by atoms with E-state index in [9.17, 15) is 14.4 Å². The lowest BCUT2D eigenvalue weighted by Gasteiger charge is -2.25. The van der Waals surface area contributed by atoms with Gasteiger partial charge in [0.05, 0.1) is 0 Å². The summed E-state index contributed by atoms with van der Waals surface area (Å²) in [5.74, 6) is 0.227. The molecule has 2 saturated heterocycles. The van der Waals surface area contributed by atoms with Crippen LogP contribution in [0.3, 0.4) is 0 Å². The Morgan fingerprint density at radius 3 is 2.43 bits per heavy atom. The number of imide groups is 1. The Balaban J connectivity index is 1.41. The number of nitrogens with zero attached hydrogens (tertiary/aromatic N) is 2. The van der Waals surface area contributed by atoms with Crippen LogP contribution in [0.5, 0.6) is 0 Å². The van der Waals surface area contributed by atoms with Gasteiger partial charge in [0.25, 0.3) is 5.91 Å². The molecule has 4 amide bonds. The number of carbonyl (C=O) groups excluding carboxylic acids is 3. The highest BCUT2D eigenvalue weighted by Crippen LogP contribution is 2.36. The van der Waals surface area contributed by atoms with Crippen LogP contribution in [0, 0.1) is 5.92 Å². The largest absolute Gasteiger partial charge is 0.339 e. The van der Waals surface area contributed by atoms with E-state index in [1.54, 1.807) is 0 Å². The van der Waals surface area contributed by atoms with Gasteiger partial charge in [-0.25, -0.2) is 4.79 Å². The van der Waals surface area contributed by atoms with Gasteiger partial charge in [0.15, 0.2) is 0 Å². The van der Waals surface area contributed by atoms with E-state index in [0.717, 1.165) is 38.5 Å². The van der Waals surface area contributed by atoms with Crippen LogP contribution in [0.15, 0.2) is 0 Å². The van der Waals surface area contributed by atoms with Gasteiger partial charge in [-0.1, -0.05) is 25.7 Å². The summed E-state index contributed by atoms with van der Waals surface area (Å²) in [5.41, 5.74) is -0.634. The molecule has 2 aliphatic carbocycles. The Kier molecular flexibility index (Phi) is 3.58. The number of urea groups is 1. The standard InChI is InChI=1S/C17H25N3O3/c21-14-9-12(10-19(14)13-5-1-2-6-13)11-20-15(22)17(18-16(20)23)7-3-4-8-17/h12-13H,1-11H2,(H,18,23). The van der Waals surface area contributed by atoms with Gasteiger partial charge < -0.3 is 10.2 Å². The number of likely N-dealkylation sites (tertiary alicyclic amines) is 1. The summed E-state index contributed by atoms with van der Waals surface area (Å²) < 4.78 is 0. The lowest BCUT2D eigenvalue weighted by atomic mass is 9.97. The first-order valence-corrected chi connectivity index (χ1v) is 9.03. The molecule has 6 nitrogen and oxygen atoms in total. The first-order valence-electron chi connectivity index (χ1n) is 9.03. The molecule has 0 aromatic carbocycles. The van der Waals surface area contributed by atoms with Gasteiger partial charge in [0.1, 0.15) is 5.54 Å². The molecule has 1 atom stereocenters. The molecular weight excluding hydrogens is 294 g/mol. The molecule has 126 valence electrons. The normalized spacial score (nSPS) is 31.0. The molecule has 1 spiro atoms. The molecule has 2 aliphatic heterocycles. The summed E-state index contributed by atoms with van der Waals surface area (Å²) in [6.07, 6.45) is 8.59. The van der Waals surface area contributed by atoms with Crippen LogP contribution in [-0.4, -0.2) is 52.3 Å². The van der Waals surface area contributed by atoms with Crippen molar-refractivity contribution in [3.05, 3.63) is 0 Å². The van der Waals surface area contributed by atoms with Crippen LogP contribution in [0.4, 0.5) is 4.79 Å². The minimum atomic E-state index is -0.634. The predicted octanol–water partition coefficient (Wildman–Crippen LogP) is 1.64. The smallest absolute Gasteiger partial charge is 0.325 e. The zero-order valence-corrected chi connectivity index (χ0v) is 13.6. The van der Waals surface area contributed by atoms with Gasteiger partial charge in [-0.15, -0.1) is 0 Å². The van der Waals surface area contributed by atoms with E-state index in [2.05, 4.69) is 5.32 Å². The van der Waals surface area contributed by atoms with Gasteiger partial charge in [-0.3, -0.25) is 14.5 Å². The SMILES string of the molecule is O=C1NC2(CCCC2)C(=O)N1CC1CC(=O)N(C2CCCC2)C1. The number of nitrogens with one attached hydrogen (secondary N) is 1. The summed E-state index contributed by atoms with van der Waals surface area (Å²) in [7, 11) is 0. The fourth-order valence-corrected chi connectivity index (χ4v) is 4.92. The minimum absolute atomic E-state index is 0.0632. The van der Waals surface area contributed by atoms with Gasteiger partial charge >= 0.3 is 6.03 Å². The average molecular weight is 319 g/mol. The van der Waals surface area contributed by atoms with Crippen molar-refractivity contribution in [2.24, 2.45) is 5.92 Å². The third-order valence-corrected chi connectivity index (χ3v) is 6.15. The van der Waals surface area contributed by atoms with Crippen LogP contribution in [0.2, 0.25) is 0 Å². The van der Waals surface area contributed by atoms with Crippen molar-refractivity contribution in [2.75, 3.05) is 13.1 Å². The lowest BCUT2D eigenvalue weighted by Crippen LogP contribution is -2.44. The first kappa shape index (κ1) is 15.0. The summed E-state index contributed by atoms with van der Waals surface area (Å²) in [4.78, 5) is 40.6. The Morgan fingerprint density at radius 1 is 1.04 bits per heavy atom. The van der Waals surface area contributed by atoms with Gasteiger partial charge in [0, 0.05) is 31.5 Å². The highest BCUT2D eigenvalue weighted by atomic mass is 16.2.